The smallest absolute Gasteiger partial charge is 0.325 e. The van der Waals surface area contributed by atoms with Crippen LogP contribution in [0.4, 0.5) is 0 Å². The number of carboxylic acid groups (broad SMARTS) is 1. The van der Waals surface area contributed by atoms with E-state index in [1.165, 1.54) is 0 Å². The summed E-state index contributed by atoms with van der Waals surface area (Å²) in [7, 11) is 1.98. The molecule has 3 N–H and O–H groups in total. The Kier molecular flexibility index (Phi) is 3.68. The molecule has 0 aliphatic carbocycles. The van der Waals surface area contributed by atoms with E-state index >= 15 is 0 Å². The summed E-state index contributed by atoms with van der Waals surface area (Å²) in [5.41, 5.74) is -0.939. The Balaban J connectivity index is 2.19. The average molecular weight is 260 g/mol. The molecule has 0 aromatic heterocycles. The molecule has 2 rings (SSSR count). The van der Waals surface area contributed by atoms with Gasteiger partial charge in [-0.25, -0.2) is 0 Å². The van der Waals surface area contributed by atoms with Gasteiger partial charge >= 0.3 is 5.97 Å². The van der Waals surface area contributed by atoms with Crippen molar-refractivity contribution in [1.29, 1.82) is 0 Å². The summed E-state index contributed by atoms with van der Waals surface area (Å²) >= 11 is 0.842. The number of nitrogens with one attached hydrogen (secondary N) is 1. The van der Waals surface area contributed by atoms with Crippen LogP contribution in [0.15, 0.2) is 0 Å². The summed E-state index contributed by atoms with van der Waals surface area (Å²) in [6.45, 7) is 2.20. The first-order valence-corrected chi connectivity index (χ1v) is 6.94. The van der Waals surface area contributed by atoms with E-state index in [1.54, 1.807) is 0 Å². The van der Waals surface area contributed by atoms with Gasteiger partial charge in [0.1, 0.15) is 5.54 Å². The van der Waals surface area contributed by atoms with Crippen molar-refractivity contribution in [2.24, 2.45) is 5.41 Å². The molecule has 6 heteroatoms. The van der Waals surface area contributed by atoms with Crippen LogP contribution in [0.5, 0.6) is 0 Å². The number of nitrogens with zero attached hydrogens (tertiary/aromatic N) is 1. The summed E-state index contributed by atoms with van der Waals surface area (Å²) in [5, 5.41) is 12.8. The fraction of sp³-hybridized carbons (Fsp3) is 0.909. The highest BCUT2D eigenvalue weighted by Crippen LogP contribution is 2.49. The second-order valence-electron chi connectivity index (χ2n) is 5.28. The maximum absolute atomic E-state index is 11.6. The van der Waals surface area contributed by atoms with E-state index in [9.17, 15) is 9.90 Å². The lowest BCUT2D eigenvalue weighted by Gasteiger charge is -2.35. The van der Waals surface area contributed by atoms with Crippen molar-refractivity contribution in [3.8, 4) is 0 Å². The molecule has 5 nitrogen and oxygen atoms in total. The fourth-order valence-corrected chi connectivity index (χ4v) is 3.87. The van der Waals surface area contributed by atoms with Crippen LogP contribution in [0.1, 0.15) is 19.3 Å². The molecular formula is C11H20N2O3S. The molecule has 98 valence electrons. The predicted octanol–water partition coefficient (Wildman–Crippen LogP) is 0.721. The predicted molar refractivity (Wildman–Crippen MR) is 67.2 cm³/mol. The van der Waals surface area contributed by atoms with Gasteiger partial charge in [0.15, 0.2) is 0 Å². The Hall–Kier alpha value is -0.300. The van der Waals surface area contributed by atoms with Crippen LogP contribution >= 0.6 is 12.0 Å². The second-order valence-corrected chi connectivity index (χ2v) is 5.94. The van der Waals surface area contributed by atoms with Crippen molar-refractivity contribution in [2.75, 3.05) is 32.4 Å². The zero-order chi connectivity index (χ0) is 12.5. The number of carbonyl (C=O) groups is 1. The maximum Gasteiger partial charge on any atom is 0.325 e. The van der Waals surface area contributed by atoms with Crippen molar-refractivity contribution in [2.45, 2.75) is 24.8 Å². The first-order chi connectivity index (χ1) is 8.06. The number of likely N-dealkylation sites (tertiary alicyclic amines) is 1. The largest absolute Gasteiger partial charge is 0.480 e. The number of rotatable bonds is 5. The van der Waals surface area contributed by atoms with E-state index in [0.29, 0.717) is 12.3 Å². The lowest BCUT2D eigenvalue weighted by molar-refractivity contribution is -0.147. The number of aliphatic carboxylic acids is 1. The number of hydrogen-bond donors (Lipinski definition) is 3. The molecule has 0 aromatic rings. The van der Waals surface area contributed by atoms with Crippen molar-refractivity contribution in [3.63, 3.8) is 0 Å². The molecule has 0 aromatic carbocycles. The highest BCUT2D eigenvalue weighted by atomic mass is 32.2. The van der Waals surface area contributed by atoms with Crippen LogP contribution in [0.25, 0.3) is 0 Å². The zero-order valence-electron chi connectivity index (χ0n) is 10.1. The molecule has 0 radical (unpaired) electrons. The first kappa shape index (κ1) is 13.1. The third kappa shape index (κ3) is 1.97. The number of carboxylic acids is 1. The molecule has 0 bridgehead atoms. The summed E-state index contributed by atoms with van der Waals surface area (Å²) < 4.78 is 8.78. The Morgan fingerprint density at radius 2 is 2.29 bits per heavy atom. The molecule has 2 saturated heterocycles. The SMILES string of the molecule is CN1CC2(CCCSO)CCNC2(C(=O)O)C1. The van der Waals surface area contributed by atoms with Crippen LogP contribution in [0.3, 0.4) is 0 Å². The second kappa shape index (κ2) is 4.76. The van der Waals surface area contributed by atoms with Crippen molar-refractivity contribution in [1.82, 2.24) is 10.2 Å². The van der Waals surface area contributed by atoms with Crippen LogP contribution in [0, 0.1) is 5.41 Å². The molecule has 2 aliphatic heterocycles. The van der Waals surface area contributed by atoms with Crippen molar-refractivity contribution in [3.05, 3.63) is 0 Å². The van der Waals surface area contributed by atoms with Gasteiger partial charge in [0, 0.05) is 24.3 Å². The van der Waals surface area contributed by atoms with Gasteiger partial charge in [-0.1, -0.05) is 0 Å². The minimum atomic E-state index is -0.776. The Labute approximate surface area is 106 Å². The van der Waals surface area contributed by atoms with E-state index in [-0.39, 0.29) is 5.41 Å². The molecular weight excluding hydrogens is 240 g/mol. The number of hydrogen-bond acceptors (Lipinski definition) is 5. The van der Waals surface area contributed by atoms with E-state index in [1.807, 2.05) is 7.05 Å². The van der Waals surface area contributed by atoms with Gasteiger partial charge in [-0.3, -0.25) is 4.79 Å². The Morgan fingerprint density at radius 1 is 1.53 bits per heavy atom. The van der Waals surface area contributed by atoms with Gasteiger partial charge < -0.3 is 19.9 Å². The van der Waals surface area contributed by atoms with Gasteiger partial charge in [-0.05, 0) is 44.9 Å². The summed E-state index contributed by atoms with van der Waals surface area (Å²) in [6.07, 6.45) is 2.65. The molecule has 2 unspecified atom stereocenters. The van der Waals surface area contributed by atoms with Gasteiger partial charge in [0.2, 0.25) is 0 Å². The lowest BCUT2D eigenvalue weighted by atomic mass is 9.70. The average Bonchev–Trinajstić information content (AvgIpc) is 2.70. The number of fused-ring (bicyclic) bond motifs is 1. The fourth-order valence-electron chi connectivity index (χ4n) is 3.59. The third-order valence-electron chi connectivity index (χ3n) is 4.27. The molecule has 2 heterocycles. The minimum Gasteiger partial charge on any atom is -0.480 e. The number of likely N-dealkylation sites (N-methyl/N-ethyl adjacent to an activating group) is 1. The van der Waals surface area contributed by atoms with Crippen LogP contribution < -0.4 is 5.32 Å². The van der Waals surface area contributed by atoms with Crippen LogP contribution in [-0.4, -0.2) is 58.5 Å². The molecule has 0 saturated carbocycles. The molecule has 17 heavy (non-hydrogen) atoms. The van der Waals surface area contributed by atoms with E-state index < -0.39 is 11.5 Å². The maximum atomic E-state index is 11.6. The monoisotopic (exact) mass is 260 g/mol. The normalized spacial score (nSPS) is 37.3. The van der Waals surface area contributed by atoms with E-state index in [4.69, 9.17) is 4.55 Å². The van der Waals surface area contributed by atoms with E-state index in [0.717, 1.165) is 44.4 Å². The molecule has 0 spiro atoms. The van der Waals surface area contributed by atoms with Gasteiger partial charge in [-0.2, -0.15) is 0 Å². The third-order valence-corrected chi connectivity index (χ3v) is 4.74. The van der Waals surface area contributed by atoms with Crippen molar-refractivity contribution >= 4 is 18.0 Å². The quantitative estimate of drug-likeness (QED) is 0.500. The van der Waals surface area contributed by atoms with Gasteiger partial charge in [0.05, 0.1) is 0 Å². The molecule has 2 fully saturated rings. The minimum absolute atomic E-state index is 0.163. The van der Waals surface area contributed by atoms with E-state index in [2.05, 4.69) is 10.2 Å². The Morgan fingerprint density at radius 3 is 2.94 bits per heavy atom. The highest BCUT2D eigenvalue weighted by Gasteiger charge is 2.63. The molecule has 2 atom stereocenters. The van der Waals surface area contributed by atoms with Crippen LogP contribution in [-0.2, 0) is 4.79 Å². The topological polar surface area (TPSA) is 72.8 Å². The van der Waals surface area contributed by atoms with Crippen LogP contribution in [0.2, 0.25) is 0 Å². The van der Waals surface area contributed by atoms with Gasteiger partial charge in [0.25, 0.3) is 0 Å². The van der Waals surface area contributed by atoms with Gasteiger partial charge in [-0.15, -0.1) is 0 Å². The highest BCUT2D eigenvalue weighted by molar-refractivity contribution is 7.93. The summed E-state index contributed by atoms with van der Waals surface area (Å²) in [4.78, 5) is 13.7. The first-order valence-electron chi connectivity index (χ1n) is 6.00. The Bertz CT molecular complexity index is 315. The molecule has 2 aliphatic rings. The summed E-state index contributed by atoms with van der Waals surface area (Å²) in [6, 6.07) is 0. The standard InChI is InChI=1S/C11H20N2O3S/c1-13-7-10(3-2-6-17-16)4-5-12-11(10,8-13)9(14)15/h12,16H,2-8H2,1H3,(H,14,15). The lowest BCUT2D eigenvalue weighted by Crippen LogP contribution is -2.58. The summed E-state index contributed by atoms with van der Waals surface area (Å²) in [5.74, 6) is -0.0442. The van der Waals surface area contributed by atoms with Crippen molar-refractivity contribution < 1.29 is 14.5 Å². The zero-order valence-corrected chi connectivity index (χ0v) is 10.9. The molecule has 0 amide bonds.